The van der Waals surface area contributed by atoms with Gasteiger partial charge in [0.1, 0.15) is 6.61 Å². The Morgan fingerprint density at radius 2 is 2.11 bits per heavy atom. The molecular formula is C14H13NO3. The summed E-state index contributed by atoms with van der Waals surface area (Å²) in [6.45, 7) is 2.20. The molecule has 0 unspecified atom stereocenters. The molecule has 4 heteroatoms. The first-order valence-corrected chi connectivity index (χ1v) is 5.56. The van der Waals surface area contributed by atoms with E-state index in [1.807, 2.05) is 31.2 Å². The van der Waals surface area contributed by atoms with Crippen LogP contribution in [0.5, 0.6) is 0 Å². The number of nitrogens with one attached hydrogen (secondary N) is 1. The molecule has 0 spiro atoms. The Morgan fingerprint density at radius 3 is 2.78 bits per heavy atom. The summed E-state index contributed by atoms with van der Waals surface area (Å²) in [5, 5.41) is 0. The third-order valence-corrected chi connectivity index (χ3v) is 2.47. The molecule has 4 nitrogen and oxygen atoms in total. The zero-order chi connectivity index (χ0) is 13.0. The smallest absolute Gasteiger partial charge is 0.339 e. The number of ether oxygens (including phenoxy) is 1. The molecule has 0 aliphatic carbocycles. The SMILES string of the molecule is Cc1cccc(COC(=O)c2ccc(=O)[nH]c2)c1. The summed E-state index contributed by atoms with van der Waals surface area (Å²) < 4.78 is 5.15. The Balaban J connectivity index is 2.00. The van der Waals surface area contributed by atoms with Crippen molar-refractivity contribution in [3.63, 3.8) is 0 Å². The number of rotatable bonds is 3. The standard InChI is InChI=1S/C14H13NO3/c1-10-3-2-4-11(7-10)9-18-14(17)12-5-6-13(16)15-8-12/h2-8H,9H2,1H3,(H,15,16). The Bertz CT molecular complexity index is 596. The van der Waals surface area contributed by atoms with E-state index in [9.17, 15) is 9.59 Å². The van der Waals surface area contributed by atoms with Crippen LogP contribution in [0.3, 0.4) is 0 Å². The minimum Gasteiger partial charge on any atom is -0.457 e. The first-order valence-electron chi connectivity index (χ1n) is 5.56. The number of hydrogen-bond acceptors (Lipinski definition) is 3. The summed E-state index contributed by atoms with van der Waals surface area (Å²) in [6.07, 6.45) is 1.35. The number of aromatic amines is 1. The number of carbonyl (C=O) groups is 1. The topological polar surface area (TPSA) is 59.2 Å². The van der Waals surface area contributed by atoms with Crippen LogP contribution in [0.2, 0.25) is 0 Å². The van der Waals surface area contributed by atoms with Gasteiger partial charge < -0.3 is 9.72 Å². The molecule has 0 fully saturated rings. The van der Waals surface area contributed by atoms with Crippen molar-refractivity contribution in [3.05, 3.63) is 69.6 Å². The summed E-state index contributed by atoms with van der Waals surface area (Å²) in [5.74, 6) is -0.451. The number of H-pyrrole nitrogens is 1. The highest BCUT2D eigenvalue weighted by atomic mass is 16.5. The van der Waals surface area contributed by atoms with E-state index in [2.05, 4.69) is 4.98 Å². The van der Waals surface area contributed by atoms with Gasteiger partial charge in [0.25, 0.3) is 0 Å². The molecule has 1 aromatic heterocycles. The van der Waals surface area contributed by atoms with Crippen LogP contribution in [0, 0.1) is 6.92 Å². The molecule has 0 bridgehead atoms. The Hall–Kier alpha value is -2.36. The van der Waals surface area contributed by atoms with Gasteiger partial charge in [0, 0.05) is 12.3 Å². The highest BCUT2D eigenvalue weighted by molar-refractivity contribution is 5.88. The van der Waals surface area contributed by atoms with E-state index in [1.165, 1.54) is 18.3 Å². The van der Waals surface area contributed by atoms with Crippen molar-refractivity contribution in [1.29, 1.82) is 0 Å². The average molecular weight is 243 g/mol. The average Bonchev–Trinajstić information content (AvgIpc) is 2.37. The van der Waals surface area contributed by atoms with Gasteiger partial charge in [-0.1, -0.05) is 29.8 Å². The molecule has 1 heterocycles. The predicted octanol–water partition coefficient (Wildman–Crippen LogP) is 2.04. The quantitative estimate of drug-likeness (QED) is 0.839. The van der Waals surface area contributed by atoms with E-state index in [0.29, 0.717) is 5.56 Å². The van der Waals surface area contributed by atoms with Crippen LogP contribution in [0.1, 0.15) is 21.5 Å². The van der Waals surface area contributed by atoms with E-state index in [-0.39, 0.29) is 12.2 Å². The molecule has 92 valence electrons. The molecule has 18 heavy (non-hydrogen) atoms. The van der Waals surface area contributed by atoms with Gasteiger partial charge in [0.2, 0.25) is 5.56 Å². The molecule has 1 aromatic carbocycles. The normalized spacial score (nSPS) is 10.1. The fraction of sp³-hybridized carbons (Fsp3) is 0.143. The van der Waals surface area contributed by atoms with Gasteiger partial charge in [-0.25, -0.2) is 4.79 Å². The van der Waals surface area contributed by atoms with Crippen LogP contribution >= 0.6 is 0 Å². The molecule has 0 aliphatic heterocycles. The van der Waals surface area contributed by atoms with Gasteiger partial charge in [-0.3, -0.25) is 4.79 Å². The second kappa shape index (κ2) is 5.31. The first-order chi connectivity index (χ1) is 8.65. The minimum absolute atomic E-state index is 0.222. The number of aryl methyl sites for hydroxylation is 1. The summed E-state index contributed by atoms with van der Waals surface area (Å²) >= 11 is 0. The van der Waals surface area contributed by atoms with Gasteiger partial charge in [0.15, 0.2) is 0 Å². The van der Waals surface area contributed by atoms with Crippen molar-refractivity contribution in [2.45, 2.75) is 13.5 Å². The lowest BCUT2D eigenvalue weighted by atomic mass is 10.1. The molecule has 0 saturated carbocycles. The van der Waals surface area contributed by atoms with Crippen LogP contribution in [0.25, 0.3) is 0 Å². The molecule has 0 aliphatic rings. The summed E-state index contributed by atoms with van der Waals surface area (Å²) in [6, 6.07) is 10.5. The van der Waals surface area contributed by atoms with Crippen LogP contribution in [0.15, 0.2) is 47.4 Å². The van der Waals surface area contributed by atoms with Crippen LogP contribution in [-0.4, -0.2) is 11.0 Å². The van der Waals surface area contributed by atoms with Crippen molar-refractivity contribution in [1.82, 2.24) is 4.98 Å². The van der Waals surface area contributed by atoms with Crippen LogP contribution in [0.4, 0.5) is 0 Å². The van der Waals surface area contributed by atoms with E-state index in [4.69, 9.17) is 4.74 Å². The monoisotopic (exact) mass is 243 g/mol. The van der Waals surface area contributed by atoms with E-state index in [0.717, 1.165) is 11.1 Å². The molecule has 1 N–H and O–H groups in total. The van der Waals surface area contributed by atoms with Gasteiger partial charge in [-0.05, 0) is 18.6 Å². The zero-order valence-corrected chi connectivity index (χ0v) is 9.97. The number of carbonyl (C=O) groups excluding carboxylic acids is 1. The van der Waals surface area contributed by atoms with E-state index >= 15 is 0 Å². The van der Waals surface area contributed by atoms with Crippen molar-refractivity contribution >= 4 is 5.97 Å². The fourth-order valence-corrected chi connectivity index (χ4v) is 1.57. The highest BCUT2D eigenvalue weighted by Gasteiger charge is 2.07. The van der Waals surface area contributed by atoms with Crippen LogP contribution < -0.4 is 5.56 Å². The number of pyridine rings is 1. The minimum atomic E-state index is -0.451. The zero-order valence-electron chi connectivity index (χ0n) is 9.97. The number of benzene rings is 1. The molecule has 0 saturated heterocycles. The maximum atomic E-state index is 11.7. The lowest BCUT2D eigenvalue weighted by molar-refractivity contribution is 0.0472. The Labute approximate surface area is 104 Å². The highest BCUT2D eigenvalue weighted by Crippen LogP contribution is 2.07. The summed E-state index contributed by atoms with van der Waals surface area (Å²) in [5.41, 5.74) is 2.15. The second-order valence-corrected chi connectivity index (χ2v) is 4.01. The third-order valence-electron chi connectivity index (χ3n) is 2.47. The lowest BCUT2D eigenvalue weighted by Crippen LogP contribution is -2.09. The molecule has 0 radical (unpaired) electrons. The van der Waals surface area contributed by atoms with Crippen molar-refractivity contribution < 1.29 is 9.53 Å². The third kappa shape index (κ3) is 3.07. The van der Waals surface area contributed by atoms with Gasteiger partial charge in [-0.15, -0.1) is 0 Å². The number of esters is 1. The maximum absolute atomic E-state index is 11.7. The van der Waals surface area contributed by atoms with Gasteiger partial charge in [0.05, 0.1) is 5.56 Å². The van der Waals surface area contributed by atoms with Crippen molar-refractivity contribution in [2.24, 2.45) is 0 Å². The Morgan fingerprint density at radius 1 is 1.28 bits per heavy atom. The molecular weight excluding hydrogens is 230 g/mol. The first kappa shape index (κ1) is 12.1. The fourth-order valence-electron chi connectivity index (χ4n) is 1.57. The van der Waals surface area contributed by atoms with Crippen molar-refractivity contribution in [2.75, 3.05) is 0 Å². The van der Waals surface area contributed by atoms with Crippen LogP contribution in [-0.2, 0) is 11.3 Å². The summed E-state index contributed by atoms with van der Waals surface area (Å²) in [7, 11) is 0. The number of aromatic nitrogens is 1. The van der Waals surface area contributed by atoms with E-state index in [1.54, 1.807) is 0 Å². The van der Waals surface area contributed by atoms with Crippen molar-refractivity contribution in [3.8, 4) is 0 Å². The van der Waals surface area contributed by atoms with Gasteiger partial charge >= 0.3 is 5.97 Å². The lowest BCUT2D eigenvalue weighted by Gasteiger charge is -2.05. The maximum Gasteiger partial charge on any atom is 0.339 e. The van der Waals surface area contributed by atoms with E-state index < -0.39 is 5.97 Å². The predicted molar refractivity (Wildman–Crippen MR) is 67.4 cm³/mol. The molecule has 0 atom stereocenters. The summed E-state index contributed by atoms with van der Waals surface area (Å²) in [4.78, 5) is 25.0. The molecule has 0 amide bonds. The molecule has 2 rings (SSSR count). The second-order valence-electron chi connectivity index (χ2n) is 4.01. The largest absolute Gasteiger partial charge is 0.457 e. The van der Waals surface area contributed by atoms with Gasteiger partial charge in [-0.2, -0.15) is 0 Å². The number of hydrogen-bond donors (Lipinski definition) is 1. The molecule has 2 aromatic rings. The Kier molecular flexibility index (Phi) is 3.57.